The van der Waals surface area contributed by atoms with Gasteiger partial charge in [0.05, 0.1) is 13.0 Å². The molecule has 0 bridgehead atoms. The number of aryl methyl sites for hydroxylation is 1. The summed E-state index contributed by atoms with van der Waals surface area (Å²) in [5, 5.41) is 9.05. The van der Waals surface area contributed by atoms with Gasteiger partial charge < -0.3 is 15.6 Å². The van der Waals surface area contributed by atoms with Crippen LogP contribution in [0.2, 0.25) is 0 Å². The molecule has 1 aromatic rings. The van der Waals surface area contributed by atoms with Gasteiger partial charge in [-0.1, -0.05) is 6.92 Å². The van der Waals surface area contributed by atoms with Gasteiger partial charge in [-0.05, 0) is 18.1 Å². The normalized spacial score (nSPS) is 12.2. The molecule has 3 N–H and O–H groups in total. The van der Waals surface area contributed by atoms with Crippen molar-refractivity contribution in [3.63, 3.8) is 0 Å². The number of rotatable bonds is 5. The summed E-state index contributed by atoms with van der Waals surface area (Å²) >= 11 is 0. The third-order valence-corrected chi connectivity index (χ3v) is 2.69. The summed E-state index contributed by atoms with van der Waals surface area (Å²) < 4.78 is 18.5. The fraction of sp³-hybridized carbons (Fsp3) is 0.417. The Morgan fingerprint density at radius 3 is 2.65 bits per heavy atom. The van der Waals surface area contributed by atoms with Gasteiger partial charge in [0.2, 0.25) is 0 Å². The van der Waals surface area contributed by atoms with Gasteiger partial charge >= 0.3 is 5.97 Å². The van der Waals surface area contributed by atoms with Crippen molar-refractivity contribution in [1.82, 2.24) is 0 Å². The van der Waals surface area contributed by atoms with Crippen LogP contribution in [-0.2, 0) is 11.2 Å². The smallest absolute Gasteiger partial charge is 0.312 e. The molecule has 0 spiro atoms. The van der Waals surface area contributed by atoms with Crippen molar-refractivity contribution in [3.05, 3.63) is 29.1 Å². The Labute approximate surface area is 99.2 Å². The lowest BCUT2D eigenvalue weighted by Crippen LogP contribution is -2.22. The van der Waals surface area contributed by atoms with Gasteiger partial charge in [-0.2, -0.15) is 0 Å². The van der Waals surface area contributed by atoms with E-state index in [2.05, 4.69) is 0 Å². The Balaban J connectivity index is 3.33. The molecular weight excluding hydrogens is 225 g/mol. The zero-order valence-electron chi connectivity index (χ0n) is 9.87. The van der Waals surface area contributed by atoms with E-state index in [1.54, 1.807) is 6.92 Å². The molecule has 0 aliphatic rings. The van der Waals surface area contributed by atoms with Crippen LogP contribution < -0.4 is 10.5 Å². The van der Waals surface area contributed by atoms with Crippen molar-refractivity contribution < 1.29 is 19.0 Å². The van der Waals surface area contributed by atoms with Crippen LogP contribution in [-0.4, -0.2) is 24.7 Å². The van der Waals surface area contributed by atoms with Crippen molar-refractivity contribution in [2.24, 2.45) is 5.73 Å². The fourth-order valence-electron chi connectivity index (χ4n) is 1.70. The van der Waals surface area contributed by atoms with Crippen LogP contribution in [0.3, 0.4) is 0 Å². The summed E-state index contributed by atoms with van der Waals surface area (Å²) in [5.41, 5.74) is 6.30. The van der Waals surface area contributed by atoms with E-state index in [1.165, 1.54) is 19.2 Å². The van der Waals surface area contributed by atoms with E-state index in [9.17, 15) is 9.18 Å². The number of ether oxygens (including phenoxy) is 1. The quantitative estimate of drug-likeness (QED) is 0.819. The monoisotopic (exact) mass is 241 g/mol. The van der Waals surface area contributed by atoms with E-state index >= 15 is 0 Å². The van der Waals surface area contributed by atoms with Crippen LogP contribution in [0, 0.1) is 5.82 Å². The zero-order valence-corrected chi connectivity index (χ0v) is 9.87. The van der Waals surface area contributed by atoms with Crippen molar-refractivity contribution in [2.75, 3.05) is 13.7 Å². The Hall–Kier alpha value is -1.62. The molecule has 0 aliphatic carbocycles. The Bertz CT molecular complexity index is 420. The number of aliphatic carboxylic acids is 1. The molecule has 1 aromatic carbocycles. The molecule has 17 heavy (non-hydrogen) atoms. The second-order valence-electron chi connectivity index (χ2n) is 3.67. The van der Waals surface area contributed by atoms with Crippen LogP contribution in [0.1, 0.15) is 24.0 Å². The van der Waals surface area contributed by atoms with Crippen LogP contribution in [0.5, 0.6) is 5.75 Å². The van der Waals surface area contributed by atoms with Crippen LogP contribution in [0.4, 0.5) is 4.39 Å². The number of carboxylic acid groups (broad SMARTS) is 1. The van der Waals surface area contributed by atoms with Crippen LogP contribution in [0.15, 0.2) is 12.1 Å². The second-order valence-corrected chi connectivity index (χ2v) is 3.67. The van der Waals surface area contributed by atoms with Gasteiger partial charge in [-0.15, -0.1) is 0 Å². The molecule has 0 aliphatic heterocycles. The van der Waals surface area contributed by atoms with Gasteiger partial charge in [0.1, 0.15) is 11.6 Å². The first-order chi connectivity index (χ1) is 8.04. The molecule has 0 saturated heterocycles. The van der Waals surface area contributed by atoms with Crippen LogP contribution in [0.25, 0.3) is 0 Å². The molecule has 4 nitrogen and oxygen atoms in total. The molecule has 1 atom stereocenters. The van der Waals surface area contributed by atoms with Gasteiger partial charge in [-0.3, -0.25) is 4.79 Å². The summed E-state index contributed by atoms with van der Waals surface area (Å²) in [5.74, 6) is -2.10. The number of carboxylic acids is 1. The van der Waals surface area contributed by atoms with Crippen molar-refractivity contribution in [2.45, 2.75) is 19.3 Å². The molecule has 0 saturated carbocycles. The Kier molecular flexibility index (Phi) is 4.45. The van der Waals surface area contributed by atoms with E-state index in [4.69, 9.17) is 15.6 Å². The Morgan fingerprint density at radius 2 is 2.24 bits per heavy atom. The molecule has 5 heteroatoms. The number of carbonyl (C=O) groups is 1. The molecule has 0 radical (unpaired) electrons. The largest absolute Gasteiger partial charge is 0.496 e. The third kappa shape index (κ3) is 2.74. The third-order valence-electron chi connectivity index (χ3n) is 2.69. The molecule has 0 fully saturated rings. The first-order valence-corrected chi connectivity index (χ1v) is 5.34. The topological polar surface area (TPSA) is 72.6 Å². The second kappa shape index (κ2) is 5.63. The van der Waals surface area contributed by atoms with Gasteiger partial charge in [0.25, 0.3) is 0 Å². The summed E-state index contributed by atoms with van der Waals surface area (Å²) in [7, 11) is 1.37. The first-order valence-electron chi connectivity index (χ1n) is 5.34. The zero-order chi connectivity index (χ0) is 13.0. The highest BCUT2D eigenvalue weighted by atomic mass is 19.1. The van der Waals surface area contributed by atoms with E-state index in [1.807, 2.05) is 0 Å². The first kappa shape index (κ1) is 13.4. The van der Waals surface area contributed by atoms with E-state index < -0.39 is 17.7 Å². The van der Waals surface area contributed by atoms with Crippen LogP contribution >= 0.6 is 0 Å². The van der Waals surface area contributed by atoms with Crippen molar-refractivity contribution >= 4 is 5.97 Å². The minimum atomic E-state index is -1.04. The van der Waals surface area contributed by atoms with E-state index in [0.717, 1.165) is 0 Å². The number of hydrogen-bond acceptors (Lipinski definition) is 3. The lowest BCUT2D eigenvalue weighted by atomic mass is 9.95. The Morgan fingerprint density at radius 1 is 1.59 bits per heavy atom. The number of hydrogen-bond donors (Lipinski definition) is 2. The summed E-state index contributed by atoms with van der Waals surface area (Å²) in [6.45, 7) is 1.74. The van der Waals surface area contributed by atoms with Gasteiger partial charge in [0, 0.05) is 18.2 Å². The number of benzene rings is 1. The van der Waals surface area contributed by atoms with E-state index in [0.29, 0.717) is 17.5 Å². The number of halogens is 1. The van der Waals surface area contributed by atoms with Gasteiger partial charge in [0.15, 0.2) is 0 Å². The predicted molar refractivity (Wildman–Crippen MR) is 61.8 cm³/mol. The lowest BCUT2D eigenvalue weighted by Gasteiger charge is -2.16. The minimum absolute atomic E-state index is 0.0551. The standard InChI is InChI=1S/C12H16FNO3/c1-3-7-4-8(9(6-14)12(15)16)11(17-2)5-10(7)13/h4-5,9H,3,6,14H2,1-2H3,(H,15,16). The van der Waals surface area contributed by atoms with Gasteiger partial charge in [-0.25, -0.2) is 4.39 Å². The summed E-state index contributed by atoms with van der Waals surface area (Å²) in [6, 6.07) is 2.72. The molecule has 0 amide bonds. The number of methoxy groups -OCH3 is 1. The average molecular weight is 241 g/mol. The summed E-state index contributed by atoms with van der Waals surface area (Å²) in [4.78, 5) is 11.1. The fourth-order valence-corrected chi connectivity index (χ4v) is 1.70. The van der Waals surface area contributed by atoms with Crippen molar-refractivity contribution in [3.8, 4) is 5.75 Å². The molecular formula is C12H16FNO3. The molecule has 0 heterocycles. The number of nitrogens with two attached hydrogens (primary N) is 1. The predicted octanol–water partition coefficient (Wildman–Crippen LogP) is 1.52. The molecule has 1 unspecified atom stereocenters. The highest BCUT2D eigenvalue weighted by Crippen LogP contribution is 2.29. The highest BCUT2D eigenvalue weighted by Gasteiger charge is 2.23. The maximum Gasteiger partial charge on any atom is 0.312 e. The molecule has 1 rings (SSSR count). The molecule has 94 valence electrons. The van der Waals surface area contributed by atoms with Crippen molar-refractivity contribution in [1.29, 1.82) is 0 Å². The highest BCUT2D eigenvalue weighted by molar-refractivity contribution is 5.77. The lowest BCUT2D eigenvalue weighted by molar-refractivity contribution is -0.138. The molecule has 0 aromatic heterocycles. The maximum absolute atomic E-state index is 13.5. The maximum atomic E-state index is 13.5. The summed E-state index contributed by atoms with van der Waals surface area (Å²) in [6.07, 6.45) is 0.486. The SMILES string of the molecule is CCc1cc(C(CN)C(=O)O)c(OC)cc1F. The minimum Gasteiger partial charge on any atom is -0.496 e. The van der Waals surface area contributed by atoms with E-state index in [-0.39, 0.29) is 12.3 Å². The average Bonchev–Trinajstić information content (AvgIpc) is 2.30.